The lowest BCUT2D eigenvalue weighted by atomic mass is 10.2. The van der Waals surface area contributed by atoms with Gasteiger partial charge in [0.25, 0.3) is 5.56 Å². The number of pyridine rings is 2. The van der Waals surface area contributed by atoms with Crippen LogP contribution in [0.3, 0.4) is 0 Å². The third kappa shape index (κ3) is 3.64. The molecule has 5 aromatic rings. The molecule has 5 heterocycles. The average Bonchev–Trinajstić information content (AvgIpc) is 3.46. The highest BCUT2D eigenvalue weighted by Gasteiger charge is 2.18. The smallest absolute Gasteiger partial charge is 0.261 e. The molecule has 164 valence electrons. The molecule has 0 aliphatic heterocycles. The number of anilines is 1. The summed E-state index contributed by atoms with van der Waals surface area (Å²) in [6.07, 6.45) is 7.33. The minimum absolute atomic E-state index is 0.195. The summed E-state index contributed by atoms with van der Waals surface area (Å²) in [5.41, 5.74) is 2.72. The minimum Gasteiger partial charge on any atom is -0.383 e. The summed E-state index contributed by atoms with van der Waals surface area (Å²) in [6, 6.07) is 1.67. The fraction of sp³-hybridized carbons (Fsp3) is 0.250. The minimum atomic E-state index is -0.266. The van der Waals surface area contributed by atoms with E-state index in [9.17, 15) is 9.59 Å². The van der Waals surface area contributed by atoms with E-state index in [0.717, 1.165) is 15.3 Å². The molecule has 2 N–H and O–H groups in total. The van der Waals surface area contributed by atoms with Crippen LogP contribution in [0.4, 0.5) is 5.69 Å². The van der Waals surface area contributed by atoms with Crippen LogP contribution in [0.15, 0.2) is 35.6 Å². The number of amides is 1. The molecule has 5 aromatic heterocycles. The Hall–Kier alpha value is -3.28. The van der Waals surface area contributed by atoms with Gasteiger partial charge in [-0.3, -0.25) is 19.3 Å². The molecule has 0 bridgehead atoms. The average molecular weight is 472 g/mol. The van der Waals surface area contributed by atoms with E-state index in [-0.39, 0.29) is 23.8 Å². The van der Waals surface area contributed by atoms with Gasteiger partial charge in [-0.1, -0.05) is 0 Å². The summed E-state index contributed by atoms with van der Waals surface area (Å²) in [5.74, 6) is 0.0104. The topological polar surface area (TPSA) is 119 Å². The van der Waals surface area contributed by atoms with Gasteiger partial charge in [0.2, 0.25) is 5.91 Å². The van der Waals surface area contributed by atoms with Crippen molar-refractivity contribution in [1.82, 2.24) is 29.4 Å². The van der Waals surface area contributed by atoms with Crippen molar-refractivity contribution in [3.63, 3.8) is 0 Å². The largest absolute Gasteiger partial charge is 0.383 e. The Kier molecular flexibility index (Phi) is 5.37. The molecule has 0 unspecified atom stereocenters. The van der Waals surface area contributed by atoms with Crippen LogP contribution in [-0.4, -0.2) is 54.9 Å². The van der Waals surface area contributed by atoms with E-state index in [4.69, 9.17) is 16.3 Å². The first-order valence-electron chi connectivity index (χ1n) is 9.79. The Balaban J connectivity index is 1.55. The van der Waals surface area contributed by atoms with Gasteiger partial charge in [0, 0.05) is 37.4 Å². The molecule has 0 aliphatic carbocycles. The number of hydrogen-bond donors (Lipinski definition) is 2. The fourth-order valence-electron chi connectivity index (χ4n) is 3.46. The van der Waals surface area contributed by atoms with Crippen LogP contribution < -0.4 is 10.9 Å². The number of carbonyl (C=O) groups is 1. The standard InChI is InChI=1S/C20H18ClN7O3S/c1-31-5-4-27-9-11(7-23-27)14-10-28-20(32-14)16-18(26-28)17-13(25-19(16)30)6-12(8-22-17)24-15(29)2-3-21/h6-10H,2-5H2,1H3,(H,24,29)(H,25,30). The number of aromatic nitrogens is 6. The maximum Gasteiger partial charge on any atom is 0.261 e. The first kappa shape index (κ1) is 20.6. The van der Waals surface area contributed by atoms with Gasteiger partial charge in [0.15, 0.2) is 0 Å². The van der Waals surface area contributed by atoms with Crippen molar-refractivity contribution in [2.75, 3.05) is 24.9 Å². The van der Waals surface area contributed by atoms with Crippen molar-refractivity contribution >= 4 is 61.3 Å². The summed E-state index contributed by atoms with van der Waals surface area (Å²) >= 11 is 7.06. The van der Waals surface area contributed by atoms with E-state index in [0.29, 0.717) is 40.8 Å². The zero-order valence-electron chi connectivity index (χ0n) is 17.0. The Labute approximate surface area is 189 Å². The molecule has 0 atom stereocenters. The van der Waals surface area contributed by atoms with Crippen LogP contribution in [0.1, 0.15) is 6.42 Å². The molecule has 0 aromatic carbocycles. The van der Waals surface area contributed by atoms with Crippen LogP contribution in [0.25, 0.3) is 37.2 Å². The second-order valence-corrected chi connectivity index (χ2v) is 8.52. The SMILES string of the molecule is COCCn1cc(-c2cn3nc4c5ncc(NC(=O)CCCl)cc5[nH]c(=O)c4c3s2)cn1. The van der Waals surface area contributed by atoms with E-state index in [2.05, 4.69) is 25.5 Å². The third-order valence-electron chi connectivity index (χ3n) is 4.95. The zero-order valence-corrected chi connectivity index (χ0v) is 18.5. The van der Waals surface area contributed by atoms with Crippen LogP contribution >= 0.6 is 22.9 Å². The van der Waals surface area contributed by atoms with Gasteiger partial charge in [-0.2, -0.15) is 10.2 Å². The van der Waals surface area contributed by atoms with Gasteiger partial charge in [0.1, 0.15) is 21.3 Å². The van der Waals surface area contributed by atoms with E-state index in [1.807, 2.05) is 17.1 Å². The zero-order chi connectivity index (χ0) is 22.2. The van der Waals surface area contributed by atoms with Crippen LogP contribution in [0.2, 0.25) is 0 Å². The normalized spacial score (nSPS) is 11.7. The molecule has 0 spiro atoms. The predicted octanol–water partition coefficient (Wildman–Crippen LogP) is 2.86. The first-order valence-corrected chi connectivity index (χ1v) is 11.1. The molecule has 0 radical (unpaired) electrons. The molecule has 0 saturated carbocycles. The number of methoxy groups -OCH3 is 1. The van der Waals surface area contributed by atoms with Gasteiger partial charge in [-0.15, -0.1) is 22.9 Å². The monoisotopic (exact) mass is 471 g/mol. The number of aromatic amines is 1. The Morgan fingerprint density at radius 1 is 1.31 bits per heavy atom. The molecular formula is C20H18ClN7O3S. The number of ether oxygens (including phenoxy) is 1. The number of nitrogens with zero attached hydrogens (tertiary/aromatic N) is 5. The number of thiazole rings is 1. The second-order valence-electron chi connectivity index (χ2n) is 7.12. The summed E-state index contributed by atoms with van der Waals surface area (Å²) in [6.45, 7) is 1.24. The maximum absolute atomic E-state index is 12.9. The molecule has 0 fully saturated rings. The number of fused-ring (bicyclic) bond motifs is 5. The van der Waals surface area contributed by atoms with Gasteiger partial charge < -0.3 is 15.0 Å². The number of H-pyrrole nitrogens is 1. The van der Waals surface area contributed by atoms with E-state index in [1.165, 1.54) is 11.3 Å². The lowest BCUT2D eigenvalue weighted by Gasteiger charge is -2.05. The van der Waals surface area contributed by atoms with Gasteiger partial charge in [0.05, 0.1) is 41.6 Å². The van der Waals surface area contributed by atoms with E-state index < -0.39 is 0 Å². The highest BCUT2D eigenvalue weighted by Crippen LogP contribution is 2.33. The van der Waals surface area contributed by atoms with Crippen molar-refractivity contribution in [1.29, 1.82) is 0 Å². The van der Waals surface area contributed by atoms with Crippen molar-refractivity contribution in [2.24, 2.45) is 0 Å². The summed E-state index contributed by atoms with van der Waals surface area (Å²) in [4.78, 5) is 33.7. The lowest BCUT2D eigenvalue weighted by Crippen LogP contribution is -2.12. The van der Waals surface area contributed by atoms with Crippen LogP contribution in [-0.2, 0) is 16.1 Å². The number of carbonyl (C=O) groups excluding carboxylic acids is 1. The van der Waals surface area contributed by atoms with E-state index in [1.54, 1.807) is 30.1 Å². The number of rotatable bonds is 7. The molecule has 0 saturated heterocycles. The van der Waals surface area contributed by atoms with E-state index >= 15 is 0 Å². The summed E-state index contributed by atoms with van der Waals surface area (Å²) in [7, 11) is 1.65. The summed E-state index contributed by atoms with van der Waals surface area (Å²) < 4.78 is 8.60. The van der Waals surface area contributed by atoms with Crippen LogP contribution in [0, 0.1) is 0 Å². The number of hydrogen-bond acceptors (Lipinski definition) is 7. The Morgan fingerprint density at radius 3 is 3.00 bits per heavy atom. The quantitative estimate of drug-likeness (QED) is 0.352. The van der Waals surface area contributed by atoms with Crippen molar-refractivity contribution in [3.8, 4) is 10.4 Å². The van der Waals surface area contributed by atoms with Crippen molar-refractivity contribution in [3.05, 3.63) is 41.2 Å². The predicted molar refractivity (Wildman–Crippen MR) is 124 cm³/mol. The second kappa shape index (κ2) is 8.34. The number of nitrogens with one attached hydrogen (secondary N) is 2. The first-order chi connectivity index (χ1) is 15.6. The number of halogens is 1. The Morgan fingerprint density at radius 2 is 2.19 bits per heavy atom. The van der Waals surface area contributed by atoms with Gasteiger partial charge >= 0.3 is 0 Å². The molecule has 32 heavy (non-hydrogen) atoms. The maximum atomic E-state index is 12.9. The third-order valence-corrected chi connectivity index (χ3v) is 6.28. The molecular weight excluding hydrogens is 454 g/mol. The number of alkyl halides is 1. The summed E-state index contributed by atoms with van der Waals surface area (Å²) in [5, 5.41) is 12.2. The van der Waals surface area contributed by atoms with Gasteiger partial charge in [-0.25, -0.2) is 4.52 Å². The fourth-order valence-corrected chi connectivity index (χ4v) is 4.69. The molecule has 1 amide bonds. The highest BCUT2D eigenvalue weighted by molar-refractivity contribution is 7.21. The lowest BCUT2D eigenvalue weighted by molar-refractivity contribution is -0.115. The molecule has 10 nitrogen and oxygen atoms in total. The molecule has 12 heteroatoms. The van der Waals surface area contributed by atoms with Crippen LogP contribution in [0.5, 0.6) is 0 Å². The Bertz CT molecular complexity index is 1520. The molecule has 5 rings (SSSR count). The van der Waals surface area contributed by atoms with Crippen molar-refractivity contribution < 1.29 is 9.53 Å². The molecule has 0 aliphatic rings. The van der Waals surface area contributed by atoms with Gasteiger partial charge in [-0.05, 0) is 6.07 Å². The highest BCUT2D eigenvalue weighted by atomic mass is 35.5. The van der Waals surface area contributed by atoms with Crippen molar-refractivity contribution in [2.45, 2.75) is 13.0 Å².